The van der Waals surface area contributed by atoms with E-state index in [1.807, 2.05) is 62.3 Å². The van der Waals surface area contributed by atoms with Crippen LogP contribution in [0.15, 0.2) is 33.4 Å². The fourth-order valence-corrected chi connectivity index (χ4v) is 17.8. The molecule has 14 atom stereocenters. The van der Waals surface area contributed by atoms with E-state index in [1.54, 1.807) is 76.7 Å². The number of likely N-dealkylation sites (tertiary alicyclic amines) is 3. The van der Waals surface area contributed by atoms with Crippen molar-refractivity contribution < 1.29 is 65.8 Å². The maximum atomic E-state index is 13.5. The summed E-state index contributed by atoms with van der Waals surface area (Å²) in [6, 6.07) is -1.94. The van der Waals surface area contributed by atoms with E-state index in [0.717, 1.165) is 0 Å². The van der Waals surface area contributed by atoms with E-state index in [-0.39, 0.29) is 87.1 Å². The molecular weight excluding hydrogens is 1340 g/mol. The van der Waals surface area contributed by atoms with Crippen LogP contribution in [0, 0.1) is 16.2 Å². The van der Waals surface area contributed by atoms with Gasteiger partial charge in [-0.15, -0.1) is 0 Å². The number of rotatable bonds is 13. The van der Waals surface area contributed by atoms with Crippen LogP contribution in [0.1, 0.15) is 163 Å². The number of phosphoric acid groups is 1. The van der Waals surface area contributed by atoms with E-state index in [0.29, 0.717) is 12.1 Å². The van der Waals surface area contributed by atoms with Gasteiger partial charge in [0.05, 0.1) is 35.8 Å². The highest BCUT2D eigenvalue weighted by Gasteiger charge is 2.74. The molecule has 3 amide bonds. The van der Waals surface area contributed by atoms with Crippen molar-refractivity contribution >= 4 is 95.4 Å². The fraction of sp³-hybridized carbons (Fsp3) is 0.700. The molecule has 5 unspecified atom stereocenters. The molecule has 12 heterocycles. The van der Waals surface area contributed by atoms with Gasteiger partial charge in [0.25, 0.3) is 34.4 Å². The number of imidazole rings is 3. The van der Waals surface area contributed by atoms with E-state index in [2.05, 4.69) is 65.6 Å². The largest absolute Gasteiger partial charge is 0.473 e. The third kappa shape index (κ3) is 13.9. The van der Waals surface area contributed by atoms with Gasteiger partial charge in [-0.2, -0.15) is 15.0 Å². The van der Waals surface area contributed by atoms with Crippen LogP contribution in [-0.4, -0.2) is 192 Å². The number of H-pyrrole nitrogens is 3. The summed E-state index contributed by atoms with van der Waals surface area (Å²) < 4.78 is 66.1. The molecule has 6 saturated heterocycles. The molecule has 6 aromatic rings. The number of phosphoric ester groups is 1. The van der Waals surface area contributed by atoms with Crippen molar-refractivity contribution in [1.29, 1.82) is 0 Å². The number of aromatic nitrogens is 12. The van der Waals surface area contributed by atoms with E-state index < -0.39 is 125 Å². The number of aromatic amines is 3. The van der Waals surface area contributed by atoms with Crippen molar-refractivity contribution in [3.63, 3.8) is 0 Å². The van der Waals surface area contributed by atoms with Crippen LogP contribution >= 0.6 is 14.5 Å². The smallest absolute Gasteiger partial charge is 0.369 e. The number of ether oxygens (including phenoxy) is 4. The van der Waals surface area contributed by atoms with Crippen LogP contribution in [0.4, 0.5) is 17.8 Å². The van der Waals surface area contributed by atoms with Gasteiger partial charge in [-0.05, 0) is 110 Å². The Morgan fingerprint density at radius 1 is 0.490 bits per heavy atom. The lowest BCUT2D eigenvalue weighted by molar-refractivity contribution is -0.186. The summed E-state index contributed by atoms with van der Waals surface area (Å²) in [6.45, 7) is 30.2. The number of nitrogens with two attached hydrogens (primary N) is 3. The molecule has 6 aliphatic heterocycles. The maximum Gasteiger partial charge on any atom is 0.473 e. The average molecular weight is 1430 g/mol. The van der Waals surface area contributed by atoms with Crippen molar-refractivity contribution in [1.82, 2.24) is 73.3 Å². The van der Waals surface area contributed by atoms with Gasteiger partial charge in [0.1, 0.15) is 36.4 Å². The third-order valence-corrected chi connectivity index (χ3v) is 19.9. The Balaban J connectivity index is 0.000000160. The minimum atomic E-state index is -4.60. The molecule has 6 aromatic heterocycles. The predicted molar refractivity (Wildman–Crippen MR) is 361 cm³/mol. The molecule has 0 spiro atoms. The first-order valence-electron chi connectivity index (χ1n) is 31.8. The fourth-order valence-electron chi connectivity index (χ4n) is 14.3. The number of morpholine rings is 3. The second kappa shape index (κ2) is 24.3. The first-order chi connectivity index (χ1) is 44.6. The summed E-state index contributed by atoms with van der Waals surface area (Å²) in [5, 5.41) is 0. The van der Waals surface area contributed by atoms with Gasteiger partial charge in [-0.1, -0.05) is 62.3 Å². The molecule has 6 fully saturated rings. The van der Waals surface area contributed by atoms with Crippen molar-refractivity contribution in [2.24, 2.45) is 16.2 Å². The normalized spacial score (nSPS) is 29.3. The van der Waals surface area contributed by atoms with Crippen LogP contribution in [0.3, 0.4) is 0 Å². The first-order valence-corrected chi connectivity index (χ1v) is 35.8. The summed E-state index contributed by atoms with van der Waals surface area (Å²) in [5.41, 5.74) is 9.46. The molecule has 0 aliphatic carbocycles. The predicted octanol–water partition coefficient (Wildman–Crippen LogP) is 4.64. The number of nitrogens with one attached hydrogen (secondary N) is 3. The summed E-state index contributed by atoms with van der Waals surface area (Å²) in [4.78, 5) is 136. The lowest BCUT2D eigenvalue weighted by Crippen LogP contribution is -2.52. The lowest BCUT2D eigenvalue weighted by Gasteiger charge is -2.38. The molecule has 98 heavy (non-hydrogen) atoms. The number of nitrogen functional groups attached to an aromatic ring is 3. The Hall–Kier alpha value is -6.66. The minimum absolute atomic E-state index is 0.00580. The average Bonchev–Trinajstić information content (AvgIpc) is 1.55. The highest BCUT2D eigenvalue weighted by Crippen LogP contribution is 2.62. The number of carbonyl (C=O) groups is 3. The molecule has 12 rings (SSSR count). The Labute approximate surface area is 569 Å². The number of nitrogens with zero attached hydrogens (tertiary/aromatic N) is 12. The zero-order valence-corrected chi connectivity index (χ0v) is 61.6. The zero-order chi connectivity index (χ0) is 73.1. The van der Waals surface area contributed by atoms with E-state index in [4.69, 9.17) is 66.1 Å². The number of likely N-dealkylation sites (N-methyl/N-ethyl adjacent to an activating group) is 3. The quantitative estimate of drug-likeness (QED) is 0.0730. The van der Waals surface area contributed by atoms with Crippen LogP contribution < -0.4 is 33.9 Å². The van der Waals surface area contributed by atoms with Gasteiger partial charge in [0.2, 0.25) is 17.8 Å². The highest BCUT2D eigenvalue weighted by atomic mass is 32.5. The minimum Gasteiger partial charge on any atom is -0.369 e. The Morgan fingerprint density at radius 2 is 0.776 bits per heavy atom. The van der Waals surface area contributed by atoms with Crippen LogP contribution in [0.25, 0.3) is 33.5 Å². The number of carbonyl (C=O) groups excluding carboxylic acids is 3. The van der Waals surface area contributed by atoms with Crippen molar-refractivity contribution in [2.45, 2.75) is 233 Å². The van der Waals surface area contributed by atoms with Gasteiger partial charge in [-0.25, -0.2) is 19.5 Å². The van der Waals surface area contributed by atoms with Gasteiger partial charge in [0, 0.05) is 21.1 Å². The number of amides is 3. The van der Waals surface area contributed by atoms with Gasteiger partial charge in [-0.3, -0.25) is 71.0 Å². The van der Waals surface area contributed by atoms with E-state index in [9.17, 15) is 43.1 Å². The second-order valence-electron chi connectivity index (χ2n) is 32.5. The Bertz CT molecular complexity index is 4240. The Kier molecular flexibility index (Phi) is 18.3. The third-order valence-electron chi connectivity index (χ3n) is 16.9. The maximum absolute atomic E-state index is 13.5. The molecule has 6 bridgehead atoms. The lowest BCUT2D eigenvalue weighted by atomic mass is 9.79. The molecular formula is C60H92N18O17P2S. The highest BCUT2D eigenvalue weighted by molar-refractivity contribution is 8.07. The number of hydrogen-bond donors (Lipinski definition) is 8. The monoisotopic (exact) mass is 1430 g/mol. The number of fused-ring (bicyclic) bond motifs is 9. The van der Waals surface area contributed by atoms with E-state index in [1.165, 1.54) is 33.3 Å². The molecule has 35 nitrogen and oxygen atoms in total. The summed E-state index contributed by atoms with van der Waals surface area (Å²) >= 11 is 5.32. The molecule has 0 aromatic carbocycles. The van der Waals surface area contributed by atoms with Crippen LogP contribution in [0.5, 0.6) is 0 Å². The van der Waals surface area contributed by atoms with Crippen LogP contribution in [0.2, 0.25) is 0 Å². The second-order valence-corrected chi connectivity index (χ2v) is 36.5. The van der Waals surface area contributed by atoms with Gasteiger partial charge >= 0.3 is 14.5 Å². The number of hydrogen-bond acceptors (Lipinski definition) is 25. The summed E-state index contributed by atoms with van der Waals surface area (Å²) in [7, 11) is 0.378. The molecule has 6 aliphatic rings. The van der Waals surface area contributed by atoms with Crippen LogP contribution in [-0.2, 0) is 67.8 Å². The van der Waals surface area contributed by atoms with E-state index >= 15 is 0 Å². The molecule has 11 N–H and O–H groups in total. The van der Waals surface area contributed by atoms with Gasteiger partial charge in [0.15, 0.2) is 69.0 Å². The standard InChI is InChI=1S/C20H31N6O7P.C20H31N6O6PS.C20H30N6O4/c1-18(2,3)8-20-12(32-34(29,30)33-19(4,5)6)11(25(7)16(20)28)15(31-20)26-9-22-10-13(26)23-17(21)24-14(10)27;1-18(2,3)8-20-12(31-33(29,34)32-19(4,5)6)11(25(7)16(20)28)15(30-20)26-9-22-10-13(26)23-17(21)24-14(10)27;1-18(2,3)8-20-12(29-19(4,5)6)11(25(7)16(20)28)15(30-20)26-9-22-10-13(26)23-17(21)24-14(10)27/h9,11-12,15H,8H2,1-7H3,(H,29,30)(H3,21,23,24,27);9,11-12,15H,8H2,1-7H3,(H,29,34)(H3,21,23,24,27);9,11-12,15H,8H2,1-7H3,(H3,21,23,24,27)/t11?,12-,15-,20-;11?,12-,15-,20-,33?;11?,12-,15-,20-/m111/s1. The van der Waals surface area contributed by atoms with Crippen molar-refractivity contribution in [3.05, 3.63) is 50.0 Å². The molecule has 540 valence electrons. The number of anilines is 3. The molecule has 0 saturated carbocycles. The molecule has 0 radical (unpaired) electrons. The van der Waals surface area contributed by atoms with Gasteiger partial charge < -0.3 is 65.2 Å². The van der Waals surface area contributed by atoms with Crippen molar-refractivity contribution in [2.75, 3.05) is 38.3 Å². The SMILES string of the molecule is CN1C(=O)[C@]2(CC(C)(C)C)O[C@@H](n3cnc4c(=O)[nH]c(N)nc43)C1[C@H]2OC(C)(C)C.CN1C(=O)[C@]2(CC(C)(C)C)O[C@@H](n3cnc4c(=O)[nH]c(N)nc43)C1[C@H]2OP(=O)(O)OC(C)(C)C.CN1C(=O)[C@]2(CC(C)(C)C)O[C@@H](n3cnc4c(=O)[nH]c(N)nc43)C1[C@H]2OP(O)(=S)OC(C)(C)C. The molecule has 38 heteroatoms. The topological polar surface area (TPSA) is 461 Å². The summed E-state index contributed by atoms with van der Waals surface area (Å²) in [6.07, 6.45) is 0.329. The van der Waals surface area contributed by atoms with Crippen molar-refractivity contribution in [3.8, 4) is 0 Å². The summed E-state index contributed by atoms with van der Waals surface area (Å²) in [5.74, 6) is -0.944. The Morgan fingerprint density at radius 3 is 1.06 bits per heavy atom. The first kappa shape index (κ1) is 74.0. The zero-order valence-electron chi connectivity index (χ0n) is 59.0.